The van der Waals surface area contributed by atoms with Crippen molar-refractivity contribution in [3.63, 3.8) is 0 Å². The number of fused-ring (bicyclic) bond motifs is 1. The number of hydrogen-bond acceptors (Lipinski definition) is 8. The number of piperidine rings is 1. The van der Waals surface area contributed by atoms with Crippen LogP contribution in [-0.2, 0) is 22.7 Å². The fourth-order valence-electron chi connectivity index (χ4n) is 3.59. The molecular formula is C20H26N4O5. The third-order valence-corrected chi connectivity index (χ3v) is 5.22. The van der Waals surface area contributed by atoms with Crippen LogP contribution in [0.25, 0.3) is 0 Å². The second-order valence-electron chi connectivity index (χ2n) is 7.37. The lowest BCUT2D eigenvalue weighted by Crippen LogP contribution is -2.46. The first-order valence-electron chi connectivity index (χ1n) is 9.90. The predicted molar refractivity (Wildman–Crippen MR) is 102 cm³/mol. The van der Waals surface area contributed by atoms with E-state index in [-0.39, 0.29) is 12.5 Å². The van der Waals surface area contributed by atoms with Crippen molar-refractivity contribution in [2.45, 2.75) is 32.1 Å². The van der Waals surface area contributed by atoms with Crippen molar-refractivity contribution in [1.29, 1.82) is 0 Å². The van der Waals surface area contributed by atoms with E-state index in [1.807, 2.05) is 24.3 Å². The third kappa shape index (κ3) is 5.04. The Balaban J connectivity index is 1.18. The number of ether oxygens (including phenoxy) is 3. The predicted octanol–water partition coefficient (Wildman–Crippen LogP) is 1.38. The summed E-state index contributed by atoms with van der Waals surface area (Å²) in [4.78, 5) is 19.0. The number of nitrogens with zero attached hydrogens (tertiary/aromatic N) is 3. The Bertz CT molecular complexity index is 819. The van der Waals surface area contributed by atoms with Crippen molar-refractivity contribution >= 4 is 5.91 Å². The first-order valence-corrected chi connectivity index (χ1v) is 9.90. The molecule has 9 heteroatoms. The van der Waals surface area contributed by atoms with E-state index in [1.54, 1.807) is 7.11 Å². The van der Waals surface area contributed by atoms with Crippen molar-refractivity contribution < 1.29 is 23.5 Å². The SMILES string of the molecule is COCc1noc(CN2CCC(CNC(=O)C3COc4ccccc4O3)CC2)n1. The molecule has 2 aliphatic heterocycles. The number of rotatable bonds is 7. The average Bonchev–Trinajstić information content (AvgIpc) is 3.20. The van der Waals surface area contributed by atoms with Crippen LogP contribution >= 0.6 is 0 Å². The van der Waals surface area contributed by atoms with Crippen molar-refractivity contribution in [3.05, 3.63) is 36.0 Å². The zero-order valence-corrected chi connectivity index (χ0v) is 16.5. The molecule has 2 aromatic rings. The van der Waals surface area contributed by atoms with E-state index in [2.05, 4.69) is 20.4 Å². The van der Waals surface area contributed by atoms with Gasteiger partial charge in [0, 0.05) is 13.7 Å². The minimum atomic E-state index is -0.608. The highest BCUT2D eigenvalue weighted by atomic mass is 16.6. The molecule has 1 atom stereocenters. The molecule has 4 rings (SSSR count). The van der Waals surface area contributed by atoms with E-state index in [0.29, 0.717) is 48.8 Å². The summed E-state index contributed by atoms with van der Waals surface area (Å²) in [5, 5.41) is 6.90. The van der Waals surface area contributed by atoms with Gasteiger partial charge in [0.25, 0.3) is 5.91 Å². The van der Waals surface area contributed by atoms with Crippen LogP contribution in [0.3, 0.4) is 0 Å². The molecule has 0 spiro atoms. The lowest BCUT2D eigenvalue weighted by Gasteiger charge is -2.31. The number of hydrogen-bond donors (Lipinski definition) is 1. The van der Waals surface area contributed by atoms with E-state index < -0.39 is 6.10 Å². The maximum absolute atomic E-state index is 12.4. The Morgan fingerprint density at radius 3 is 2.86 bits per heavy atom. The van der Waals surface area contributed by atoms with Crippen molar-refractivity contribution in [2.24, 2.45) is 5.92 Å². The lowest BCUT2D eigenvalue weighted by atomic mass is 9.96. The molecule has 0 aliphatic carbocycles. The van der Waals surface area contributed by atoms with Gasteiger partial charge >= 0.3 is 0 Å². The molecule has 1 unspecified atom stereocenters. The van der Waals surface area contributed by atoms with Gasteiger partial charge in [-0.2, -0.15) is 4.98 Å². The highest BCUT2D eigenvalue weighted by Gasteiger charge is 2.28. The van der Waals surface area contributed by atoms with Gasteiger partial charge in [-0.15, -0.1) is 0 Å². The van der Waals surface area contributed by atoms with E-state index in [4.69, 9.17) is 18.7 Å². The molecular weight excluding hydrogens is 376 g/mol. The van der Waals surface area contributed by atoms with E-state index in [0.717, 1.165) is 25.9 Å². The Hall–Kier alpha value is -2.65. The van der Waals surface area contributed by atoms with E-state index >= 15 is 0 Å². The smallest absolute Gasteiger partial charge is 0.264 e. The molecule has 1 saturated heterocycles. The van der Waals surface area contributed by atoms with Gasteiger partial charge in [0.2, 0.25) is 12.0 Å². The number of para-hydroxylation sites is 2. The van der Waals surface area contributed by atoms with Crippen LogP contribution in [-0.4, -0.2) is 60.4 Å². The summed E-state index contributed by atoms with van der Waals surface area (Å²) in [5.74, 6) is 2.79. The molecule has 0 saturated carbocycles. The van der Waals surface area contributed by atoms with Gasteiger partial charge in [0.1, 0.15) is 13.2 Å². The van der Waals surface area contributed by atoms with Crippen LogP contribution in [0.15, 0.2) is 28.8 Å². The largest absolute Gasteiger partial charge is 0.485 e. The number of benzene rings is 1. The van der Waals surface area contributed by atoms with Gasteiger partial charge in [0.05, 0.1) is 6.54 Å². The third-order valence-electron chi connectivity index (χ3n) is 5.22. The van der Waals surface area contributed by atoms with Crippen molar-refractivity contribution in [1.82, 2.24) is 20.4 Å². The maximum atomic E-state index is 12.4. The van der Waals surface area contributed by atoms with Gasteiger partial charge in [0.15, 0.2) is 17.3 Å². The Kier molecular flexibility index (Phi) is 6.26. The van der Waals surface area contributed by atoms with E-state index in [9.17, 15) is 4.79 Å². The quantitative estimate of drug-likeness (QED) is 0.742. The summed E-state index contributed by atoms with van der Waals surface area (Å²) >= 11 is 0. The summed E-state index contributed by atoms with van der Waals surface area (Å²) in [7, 11) is 1.60. The van der Waals surface area contributed by atoms with Crippen LogP contribution in [0.4, 0.5) is 0 Å². The highest BCUT2D eigenvalue weighted by molar-refractivity contribution is 5.81. The molecule has 156 valence electrons. The number of amides is 1. The molecule has 1 N–H and O–H groups in total. The minimum absolute atomic E-state index is 0.126. The molecule has 9 nitrogen and oxygen atoms in total. The molecule has 0 bridgehead atoms. The lowest BCUT2D eigenvalue weighted by molar-refractivity contribution is -0.130. The summed E-state index contributed by atoms with van der Waals surface area (Å²) < 4.78 is 21.6. The number of methoxy groups -OCH3 is 1. The van der Waals surface area contributed by atoms with Gasteiger partial charge in [-0.1, -0.05) is 17.3 Å². The van der Waals surface area contributed by atoms with Crippen LogP contribution in [0.2, 0.25) is 0 Å². The topological polar surface area (TPSA) is 99.0 Å². The highest BCUT2D eigenvalue weighted by Crippen LogP contribution is 2.30. The molecule has 2 aliphatic rings. The summed E-state index contributed by atoms with van der Waals surface area (Å²) in [6, 6.07) is 7.39. The zero-order valence-electron chi connectivity index (χ0n) is 16.5. The summed E-state index contributed by atoms with van der Waals surface area (Å²) in [5.41, 5.74) is 0. The number of nitrogens with one attached hydrogen (secondary N) is 1. The van der Waals surface area contributed by atoms with Crippen molar-refractivity contribution in [3.8, 4) is 11.5 Å². The maximum Gasteiger partial charge on any atom is 0.264 e. The molecule has 1 fully saturated rings. The molecule has 1 aromatic carbocycles. The fraction of sp³-hybridized carbons (Fsp3) is 0.550. The summed E-state index contributed by atoms with van der Waals surface area (Å²) in [6.07, 6.45) is 1.40. The summed E-state index contributed by atoms with van der Waals surface area (Å²) in [6.45, 7) is 3.73. The van der Waals surface area contributed by atoms with Gasteiger partial charge in [-0.25, -0.2) is 0 Å². The fourth-order valence-corrected chi connectivity index (χ4v) is 3.59. The van der Waals surface area contributed by atoms with Gasteiger partial charge in [-0.05, 0) is 44.0 Å². The molecule has 29 heavy (non-hydrogen) atoms. The molecule has 1 amide bonds. The first kappa shape index (κ1) is 19.7. The average molecular weight is 402 g/mol. The van der Waals surface area contributed by atoms with Crippen LogP contribution in [0, 0.1) is 5.92 Å². The monoisotopic (exact) mass is 402 g/mol. The normalized spacial score (nSPS) is 19.8. The minimum Gasteiger partial charge on any atom is -0.485 e. The molecule has 3 heterocycles. The van der Waals surface area contributed by atoms with Crippen molar-refractivity contribution in [2.75, 3.05) is 33.4 Å². The number of likely N-dealkylation sites (tertiary alicyclic amines) is 1. The number of carbonyl (C=O) groups is 1. The first-order chi connectivity index (χ1) is 14.2. The molecule has 0 radical (unpaired) electrons. The van der Waals surface area contributed by atoms with Crippen LogP contribution < -0.4 is 14.8 Å². The van der Waals surface area contributed by atoms with Crippen LogP contribution in [0.1, 0.15) is 24.6 Å². The van der Waals surface area contributed by atoms with Crippen LogP contribution in [0.5, 0.6) is 11.5 Å². The second kappa shape index (κ2) is 9.23. The van der Waals surface area contributed by atoms with E-state index in [1.165, 1.54) is 0 Å². The Labute approximate surface area is 169 Å². The van der Waals surface area contributed by atoms with Gasteiger partial charge in [-0.3, -0.25) is 9.69 Å². The Morgan fingerprint density at radius 1 is 1.28 bits per heavy atom. The second-order valence-corrected chi connectivity index (χ2v) is 7.37. The standard InChI is InChI=1S/C20H26N4O5/c1-26-13-18-22-19(29-23-18)11-24-8-6-14(7-9-24)10-21-20(25)17-12-27-15-4-2-3-5-16(15)28-17/h2-5,14,17H,6-13H2,1H3,(H,21,25). The zero-order chi connectivity index (χ0) is 20.1. The van der Waals surface area contributed by atoms with Gasteiger partial charge < -0.3 is 24.1 Å². The number of carbonyl (C=O) groups excluding carboxylic acids is 1. The molecule has 1 aromatic heterocycles. The Morgan fingerprint density at radius 2 is 2.07 bits per heavy atom. The number of aromatic nitrogens is 2.